The van der Waals surface area contributed by atoms with Crippen LogP contribution in [0.4, 0.5) is 0 Å². The maximum Gasteiger partial charge on any atom is 0.0440 e. The maximum atomic E-state index is 4.73. The Hall–Kier alpha value is -0.530. The van der Waals surface area contributed by atoms with Crippen LogP contribution in [-0.4, -0.2) is 12.3 Å². The Morgan fingerprint density at radius 3 is 2.25 bits per heavy atom. The van der Waals surface area contributed by atoms with Crippen LogP contribution in [0.1, 0.15) is 51.9 Å². The largest absolute Gasteiger partial charge is 0.310 e. The van der Waals surface area contributed by atoms with E-state index in [1.807, 2.05) is 0 Å². The van der Waals surface area contributed by atoms with Gasteiger partial charge in [0, 0.05) is 12.3 Å². The van der Waals surface area contributed by atoms with E-state index in [9.17, 15) is 0 Å². The van der Waals surface area contributed by atoms with Crippen LogP contribution in [0, 0.1) is 23.7 Å². The van der Waals surface area contributed by atoms with Gasteiger partial charge in [-0.3, -0.25) is 0 Å². The lowest BCUT2D eigenvalue weighted by atomic mass is 9.55. The van der Waals surface area contributed by atoms with Crippen molar-refractivity contribution in [1.82, 2.24) is 5.43 Å². The molecule has 2 heteroatoms. The first kappa shape index (κ1) is 10.6. The van der Waals surface area contributed by atoms with Gasteiger partial charge in [0.2, 0.25) is 0 Å². The maximum absolute atomic E-state index is 4.73. The molecule has 90 valence electrons. The van der Waals surface area contributed by atoms with Gasteiger partial charge in [0.25, 0.3) is 0 Å². The number of hydrogen-bond acceptors (Lipinski definition) is 2. The van der Waals surface area contributed by atoms with E-state index < -0.39 is 0 Å². The van der Waals surface area contributed by atoms with E-state index in [4.69, 9.17) is 5.10 Å². The van der Waals surface area contributed by atoms with Gasteiger partial charge in [-0.2, -0.15) is 5.10 Å². The minimum absolute atomic E-state index is 0.852. The van der Waals surface area contributed by atoms with Crippen LogP contribution in [0.3, 0.4) is 0 Å². The molecule has 4 aliphatic carbocycles. The van der Waals surface area contributed by atoms with E-state index in [0.29, 0.717) is 0 Å². The Labute approximate surface area is 98.9 Å². The first-order chi connectivity index (χ1) is 7.86. The van der Waals surface area contributed by atoms with Crippen molar-refractivity contribution >= 4 is 5.71 Å². The molecule has 4 aliphatic rings. The molecule has 16 heavy (non-hydrogen) atoms. The van der Waals surface area contributed by atoms with Gasteiger partial charge in [-0.1, -0.05) is 13.3 Å². The fourth-order valence-corrected chi connectivity index (χ4v) is 4.25. The van der Waals surface area contributed by atoms with Gasteiger partial charge >= 0.3 is 0 Å². The lowest BCUT2D eigenvalue weighted by Gasteiger charge is -2.50. The highest BCUT2D eigenvalue weighted by atomic mass is 15.3. The number of hydrogen-bond donors (Lipinski definition) is 1. The Balaban J connectivity index is 1.63. The van der Waals surface area contributed by atoms with Crippen LogP contribution in [0.25, 0.3) is 0 Å². The molecule has 0 atom stereocenters. The summed E-state index contributed by atoms with van der Waals surface area (Å²) in [6, 6.07) is 0. The van der Waals surface area contributed by atoms with E-state index in [-0.39, 0.29) is 0 Å². The summed E-state index contributed by atoms with van der Waals surface area (Å²) >= 11 is 0. The Morgan fingerprint density at radius 1 is 1.06 bits per heavy atom. The van der Waals surface area contributed by atoms with Gasteiger partial charge < -0.3 is 5.43 Å². The summed E-state index contributed by atoms with van der Waals surface area (Å²) in [4.78, 5) is 0. The van der Waals surface area contributed by atoms with Crippen molar-refractivity contribution in [3.63, 3.8) is 0 Å². The Kier molecular flexibility index (Phi) is 2.91. The molecule has 1 N–H and O–H groups in total. The van der Waals surface area contributed by atoms with E-state index in [1.54, 1.807) is 5.71 Å². The first-order valence-electron chi connectivity index (χ1n) is 7.17. The Morgan fingerprint density at radius 2 is 1.69 bits per heavy atom. The van der Waals surface area contributed by atoms with Gasteiger partial charge in [-0.05, 0) is 62.2 Å². The molecule has 0 amide bonds. The van der Waals surface area contributed by atoms with E-state index in [1.165, 1.54) is 44.9 Å². The van der Waals surface area contributed by atoms with Gasteiger partial charge in [0.1, 0.15) is 0 Å². The van der Waals surface area contributed by atoms with Crippen molar-refractivity contribution in [1.29, 1.82) is 0 Å². The molecule has 4 rings (SSSR count). The van der Waals surface area contributed by atoms with Crippen LogP contribution in [0.15, 0.2) is 5.10 Å². The molecule has 0 aliphatic heterocycles. The number of hydrazone groups is 1. The summed E-state index contributed by atoms with van der Waals surface area (Å²) in [5.41, 5.74) is 4.85. The van der Waals surface area contributed by atoms with Gasteiger partial charge in [0.05, 0.1) is 0 Å². The zero-order valence-corrected chi connectivity index (χ0v) is 10.4. The monoisotopic (exact) mass is 220 g/mol. The highest BCUT2D eigenvalue weighted by molar-refractivity contribution is 5.90. The molecule has 0 spiro atoms. The van der Waals surface area contributed by atoms with Crippen molar-refractivity contribution in [2.75, 3.05) is 6.54 Å². The minimum Gasteiger partial charge on any atom is -0.310 e. The summed E-state index contributed by atoms with van der Waals surface area (Å²) in [6.45, 7) is 3.30. The standard InChI is InChI=1S/C14H24N2/c1-2-3-4-15-16-14-12-6-10-5-11(8-12)9-13(14)7-10/h10-13,15H,2-9H2,1H3. The van der Waals surface area contributed by atoms with E-state index in [0.717, 1.165) is 30.2 Å². The third kappa shape index (κ3) is 1.87. The average Bonchev–Trinajstić information content (AvgIpc) is 2.26. The van der Waals surface area contributed by atoms with Crippen molar-refractivity contribution < 1.29 is 0 Å². The molecule has 0 saturated heterocycles. The van der Waals surface area contributed by atoms with E-state index >= 15 is 0 Å². The SMILES string of the molecule is CCCCNN=C1C2CC3CC(C2)CC1C3. The second-order valence-electron chi connectivity index (χ2n) is 6.10. The van der Waals surface area contributed by atoms with Crippen molar-refractivity contribution in [3.05, 3.63) is 0 Å². The second kappa shape index (κ2) is 4.38. The van der Waals surface area contributed by atoms with E-state index in [2.05, 4.69) is 12.3 Å². The van der Waals surface area contributed by atoms with Gasteiger partial charge in [-0.25, -0.2) is 0 Å². The molecule has 0 unspecified atom stereocenters. The van der Waals surface area contributed by atoms with Crippen LogP contribution in [-0.2, 0) is 0 Å². The molecule has 0 aromatic carbocycles. The Bertz CT molecular complexity index is 252. The molecule has 4 fully saturated rings. The van der Waals surface area contributed by atoms with Gasteiger partial charge in [-0.15, -0.1) is 0 Å². The van der Waals surface area contributed by atoms with Crippen LogP contribution in [0.5, 0.6) is 0 Å². The summed E-state index contributed by atoms with van der Waals surface area (Å²) in [5.74, 6) is 3.81. The topological polar surface area (TPSA) is 24.4 Å². The zero-order valence-electron chi connectivity index (χ0n) is 10.4. The van der Waals surface area contributed by atoms with Crippen LogP contribution in [0.2, 0.25) is 0 Å². The first-order valence-corrected chi connectivity index (χ1v) is 7.17. The predicted octanol–water partition coefficient (Wildman–Crippen LogP) is 3.19. The van der Waals surface area contributed by atoms with Gasteiger partial charge in [0.15, 0.2) is 0 Å². The molecular formula is C14H24N2. The van der Waals surface area contributed by atoms with Crippen LogP contribution >= 0.6 is 0 Å². The van der Waals surface area contributed by atoms with Crippen LogP contribution < -0.4 is 5.43 Å². The minimum atomic E-state index is 0.852. The molecule has 0 heterocycles. The molecular weight excluding hydrogens is 196 g/mol. The smallest absolute Gasteiger partial charge is 0.0440 e. The lowest BCUT2D eigenvalue weighted by Crippen LogP contribution is -2.46. The van der Waals surface area contributed by atoms with Crippen molar-refractivity contribution in [3.8, 4) is 0 Å². The molecule has 4 bridgehead atoms. The fraction of sp³-hybridized carbons (Fsp3) is 0.929. The third-order valence-electron chi connectivity index (χ3n) is 4.82. The fourth-order valence-electron chi connectivity index (χ4n) is 4.25. The number of unbranched alkanes of at least 4 members (excludes halogenated alkanes) is 1. The van der Waals surface area contributed by atoms with Crippen molar-refractivity contribution in [2.45, 2.75) is 51.9 Å². The molecule has 4 saturated carbocycles. The predicted molar refractivity (Wildman–Crippen MR) is 67.4 cm³/mol. The lowest BCUT2D eigenvalue weighted by molar-refractivity contribution is 0.108. The average molecular weight is 220 g/mol. The summed E-state index contributed by atoms with van der Waals surface area (Å²) < 4.78 is 0. The number of nitrogens with zero attached hydrogens (tertiary/aromatic N) is 1. The normalized spacial score (nSPS) is 40.2. The molecule has 0 aromatic heterocycles. The molecule has 0 radical (unpaired) electrons. The highest BCUT2D eigenvalue weighted by Crippen LogP contribution is 2.52. The van der Waals surface area contributed by atoms with Crippen molar-refractivity contribution in [2.24, 2.45) is 28.8 Å². The highest BCUT2D eigenvalue weighted by Gasteiger charge is 2.46. The summed E-state index contributed by atoms with van der Waals surface area (Å²) in [7, 11) is 0. The second-order valence-corrected chi connectivity index (χ2v) is 6.10. The zero-order chi connectivity index (χ0) is 11.0. The third-order valence-corrected chi connectivity index (χ3v) is 4.82. The summed E-state index contributed by atoms with van der Waals surface area (Å²) in [5, 5.41) is 4.73. The number of rotatable bonds is 4. The molecule has 0 aromatic rings. The summed E-state index contributed by atoms with van der Waals surface area (Å²) in [6.07, 6.45) is 9.82. The number of nitrogens with one attached hydrogen (secondary N) is 1. The molecule has 2 nitrogen and oxygen atoms in total. The quantitative estimate of drug-likeness (QED) is 0.571.